The Labute approximate surface area is 76.0 Å². The van der Waals surface area contributed by atoms with Crippen molar-refractivity contribution < 1.29 is 0 Å². The first-order valence-corrected chi connectivity index (χ1v) is 14.3. The third-order valence-electron chi connectivity index (χ3n) is 2.58. The molecule has 0 aromatic heterocycles. The van der Waals surface area contributed by atoms with E-state index in [2.05, 4.69) is 48.6 Å². The predicted molar refractivity (Wildman–Crippen MR) is 56.8 cm³/mol. The summed E-state index contributed by atoms with van der Waals surface area (Å²) in [7, 11) is 0. The Morgan fingerprint density at radius 1 is 1.09 bits per heavy atom. The molecule has 1 heteroatoms. The molecule has 0 aliphatic rings. The molecule has 11 heavy (non-hydrogen) atoms. The number of rotatable bonds is 2. The van der Waals surface area contributed by atoms with Crippen molar-refractivity contribution in [2.75, 3.05) is 0 Å². The van der Waals surface area contributed by atoms with Gasteiger partial charge in [-0.1, -0.05) is 0 Å². The Balaban J connectivity index is 4.61. The number of hydrogen-bond acceptors (Lipinski definition) is 0. The molecular weight excluding hydrogens is 239 g/mol. The van der Waals surface area contributed by atoms with Gasteiger partial charge in [-0.2, -0.15) is 0 Å². The molecule has 0 aromatic rings. The Bertz CT molecular complexity index is 154. The van der Waals surface area contributed by atoms with Crippen LogP contribution in [0.2, 0.25) is 18.2 Å². The quantitative estimate of drug-likeness (QED) is 0.519. The second-order valence-electron chi connectivity index (χ2n) is 5.19. The van der Waals surface area contributed by atoms with Crippen molar-refractivity contribution in [3.63, 3.8) is 0 Å². The molecule has 0 aliphatic heterocycles. The van der Waals surface area contributed by atoms with Crippen molar-refractivity contribution in [1.82, 2.24) is 0 Å². The first kappa shape index (κ1) is 11.5. The van der Waals surface area contributed by atoms with Crippen molar-refractivity contribution in [2.24, 2.45) is 0 Å². The Hall–Kier alpha value is 0.539. The van der Waals surface area contributed by atoms with Gasteiger partial charge in [-0.15, -0.1) is 0 Å². The van der Waals surface area contributed by atoms with E-state index >= 15 is 0 Å². The maximum atomic E-state index is 2.49. The second kappa shape index (κ2) is 3.51. The molecule has 0 bridgehead atoms. The van der Waals surface area contributed by atoms with Crippen molar-refractivity contribution in [2.45, 2.75) is 45.9 Å². The number of allylic oxidation sites excluding steroid dienone is 2. The standard InChI is InChI=1S/C7H13.3CH3.Sn/c1-6(2)5-7(3)4;;;;/h5H,1-4H3;3*1H3;. The normalized spacial score (nSPS) is 13.0. The van der Waals surface area contributed by atoms with Crippen molar-refractivity contribution in [1.29, 1.82) is 0 Å². The van der Waals surface area contributed by atoms with E-state index in [0.29, 0.717) is 3.43 Å². The third-order valence-corrected chi connectivity index (χ3v) is 14.0. The van der Waals surface area contributed by atoms with Gasteiger partial charge in [0.2, 0.25) is 0 Å². The van der Waals surface area contributed by atoms with Crippen LogP contribution >= 0.6 is 0 Å². The molecule has 0 spiro atoms. The van der Waals surface area contributed by atoms with Gasteiger partial charge < -0.3 is 0 Å². The molecule has 0 atom stereocenters. The van der Waals surface area contributed by atoms with E-state index in [1.54, 1.807) is 0 Å². The molecular formula is C10H22Sn. The number of hydrogen-bond donors (Lipinski definition) is 0. The fourth-order valence-electron chi connectivity index (χ4n) is 0.938. The van der Waals surface area contributed by atoms with E-state index in [1.165, 1.54) is 5.57 Å². The summed E-state index contributed by atoms with van der Waals surface area (Å²) in [5.41, 5.74) is 1.46. The molecule has 0 amide bonds. The van der Waals surface area contributed by atoms with E-state index in [1.807, 2.05) is 0 Å². The zero-order valence-electron chi connectivity index (χ0n) is 9.08. The maximum absolute atomic E-state index is 2.49. The van der Waals surface area contributed by atoms with Crippen LogP contribution < -0.4 is 0 Å². The molecule has 66 valence electrons. The zero-order chi connectivity index (χ0) is 9.28. The first-order valence-electron chi connectivity index (χ1n) is 4.33. The first-order chi connectivity index (χ1) is 4.67. The summed E-state index contributed by atoms with van der Waals surface area (Å²) in [6.45, 7) is 9.16. The summed E-state index contributed by atoms with van der Waals surface area (Å²) >= 11 is -1.73. The Morgan fingerprint density at radius 2 is 1.45 bits per heavy atom. The molecule has 0 aromatic carbocycles. The second-order valence-corrected chi connectivity index (χ2v) is 21.7. The van der Waals surface area contributed by atoms with Gasteiger partial charge in [0.05, 0.1) is 0 Å². The van der Waals surface area contributed by atoms with Crippen molar-refractivity contribution in [3.8, 4) is 0 Å². The van der Waals surface area contributed by atoms with E-state index in [0.717, 1.165) is 0 Å². The fourth-order valence-corrected chi connectivity index (χ4v) is 3.00. The molecule has 0 nitrogen and oxygen atoms in total. The topological polar surface area (TPSA) is 0 Å². The van der Waals surface area contributed by atoms with Crippen LogP contribution in [0, 0.1) is 0 Å². The van der Waals surface area contributed by atoms with Gasteiger partial charge in [0, 0.05) is 0 Å². The summed E-state index contributed by atoms with van der Waals surface area (Å²) < 4.78 is 0.507. The van der Waals surface area contributed by atoms with Crippen LogP contribution in [-0.2, 0) is 0 Å². The van der Waals surface area contributed by atoms with Crippen LogP contribution in [0.1, 0.15) is 27.7 Å². The predicted octanol–water partition coefficient (Wildman–Crippen LogP) is 4.07. The summed E-state index contributed by atoms with van der Waals surface area (Å²) in [5.74, 6) is 0. The SMILES string of the molecule is CC(C)=C[C](C)(C)[Sn]([CH3])([CH3])[CH3]. The van der Waals surface area contributed by atoms with Gasteiger partial charge in [0.15, 0.2) is 0 Å². The van der Waals surface area contributed by atoms with Crippen LogP contribution in [0.3, 0.4) is 0 Å². The van der Waals surface area contributed by atoms with Crippen LogP contribution in [-0.4, -0.2) is 18.4 Å². The molecule has 0 saturated carbocycles. The van der Waals surface area contributed by atoms with Crippen LogP contribution in [0.25, 0.3) is 0 Å². The van der Waals surface area contributed by atoms with Crippen LogP contribution in [0.15, 0.2) is 11.6 Å². The van der Waals surface area contributed by atoms with Gasteiger partial charge in [0.25, 0.3) is 0 Å². The average molecular weight is 261 g/mol. The minimum absolute atomic E-state index is 0.507. The van der Waals surface area contributed by atoms with Crippen LogP contribution in [0.5, 0.6) is 0 Å². The van der Waals surface area contributed by atoms with Gasteiger partial charge in [-0.05, 0) is 0 Å². The van der Waals surface area contributed by atoms with Crippen molar-refractivity contribution >= 4 is 18.4 Å². The van der Waals surface area contributed by atoms with Gasteiger partial charge in [-0.25, -0.2) is 0 Å². The molecule has 0 fully saturated rings. The fraction of sp³-hybridized carbons (Fsp3) is 0.800. The Morgan fingerprint density at radius 3 is 1.55 bits per heavy atom. The molecule has 0 rings (SSSR count). The van der Waals surface area contributed by atoms with Gasteiger partial charge in [-0.3, -0.25) is 0 Å². The summed E-state index contributed by atoms with van der Waals surface area (Å²) in [6.07, 6.45) is 2.45. The van der Waals surface area contributed by atoms with E-state index in [4.69, 9.17) is 0 Å². The minimum atomic E-state index is -1.73. The molecule has 0 unspecified atom stereocenters. The summed E-state index contributed by atoms with van der Waals surface area (Å²) in [4.78, 5) is 7.48. The molecule has 0 aliphatic carbocycles. The summed E-state index contributed by atoms with van der Waals surface area (Å²) in [6, 6.07) is 0. The molecule has 0 radical (unpaired) electrons. The Kier molecular flexibility index (Phi) is 3.68. The van der Waals surface area contributed by atoms with E-state index in [9.17, 15) is 0 Å². The zero-order valence-corrected chi connectivity index (χ0v) is 11.9. The van der Waals surface area contributed by atoms with E-state index in [-0.39, 0.29) is 0 Å². The summed E-state index contributed by atoms with van der Waals surface area (Å²) in [5, 5.41) is 0. The van der Waals surface area contributed by atoms with Crippen LogP contribution in [0.4, 0.5) is 0 Å². The van der Waals surface area contributed by atoms with E-state index < -0.39 is 18.4 Å². The van der Waals surface area contributed by atoms with Crippen molar-refractivity contribution in [3.05, 3.63) is 11.6 Å². The molecule has 0 N–H and O–H groups in total. The molecule has 0 saturated heterocycles. The molecule has 0 heterocycles. The third kappa shape index (κ3) is 3.64. The van der Waals surface area contributed by atoms with Gasteiger partial charge >= 0.3 is 76.0 Å². The monoisotopic (exact) mass is 262 g/mol. The average Bonchev–Trinajstić information content (AvgIpc) is 1.56. The van der Waals surface area contributed by atoms with Gasteiger partial charge in [0.1, 0.15) is 0 Å².